The van der Waals surface area contributed by atoms with Crippen molar-refractivity contribution < 1.29 is 0 Å². The molecule has 0 saturated heterocycles. The molecule has 1 aromatic rings. The van der Waals surface area contributed by atoms with Crippen LogP contribution in [0.2, 0.25) is 0 Å². The first-order valence-corrected chi connectivity index (χ1v) is 4.07. The molecule has 0 aliphatic carbocycles. The van der Waals surface area contributed by atoms with Crippen LogP contribution in [0.5, 0.6) is 0 Å². The van der Waals surface area contributed by atoms with Gasteiger partial charge < -0.3 is 0 Å². The summed E-state index contributed by atoms with van der Waals surface area (Å²) in [6.07, 6.45) is 1.99. The Bertz CT molecular complexity index is 374. The Morgan fingerprint density at radius 3 is 2.77 bits per heavy atom. The van der Waals surface area contributed by atoms with E-state index in [2.05, 4.69) is 10.0 Å². The van der Waals surface area contributed by atoms with Gasteiger partial charge in [-0.05, 0) is 30.5 Å². The quantitative estimate of drug-likeness (QED) is 0.368. The Labute approximate surface area is 77.3 Å². The van der Waals surface area contributed by atoms with Gasteiger partial charge in [-0.25, -0.2) is 0 Å². The molecule has 0 atom stereocenters. The number of allylic oxidation sites excluding steroid dienone is 2. The van der Waals surface area contributed by atoms with Gasteiger partial charge in [0, 0.05) is 10.6 Å². The van der Waals surface area contributed by atoms with E-state index in [4.69, 9.17) is 5.53 Å². The smallest absolute Gasteiger partial charge is 0.0450 e. The van der Waals surface area contributed by atoms with Crippen LogP contribution in [0.1, 0.15) is 19.4 Å². The summed E-state index contributed by atoms with van der Waals surface area (Å²) in [5.41, 5.74) is 11.1. The van der Waals surface area contributed by atoms with Crippen molar-refractivity contribution in [3.63, 3.8) is 0 Å². The summed E-state index contributed by atoms with van der Waals surface area (Å²) in [4.78, 5) is 2.78. The molecule has 0 amide bonds. The molecule has 0 aliphatic heterocycles. The van der Waals surface area contributed by atoms with E-state index in [0.717, 1.165) is 11.1 Å². The molecule has 0 radical (unpaired) electrons. The van der Waals surface area contributed by atoms with Crippen molar-refractivity contribution in [1.29, 1.82) is 0 Å². The first-order valence-electron chi connectivity index (χ1n) is 4.07. The predicted molar refractivity (Wildman–Crippen MR) is 54.6 cm³/mol. The van der Waals surface area contributed by atoms with Gasteiger partial charge in [0.1, 0.15) is 0 Å². The summed E-state index contributed by atoms with van der Waals surface area (Å²) in [6, 6.07) is 7.54. The van der Waals surface area contributed by atoms with Crippen LogP contribution in [-0.4, -0.2) is 0 Å². The second-order valence-electron chi connectivity index (χ2n) is 2.68. The van der Waals surface area contributed by atoms with Gasteiger partial charge in [-0.15, -0.1) is 0 Å². The third kappa shape index (κ3) is 2.10. The highest BCUT2D eigenvalue weighted by Crippen LogP contribution is 2.25. The van der Waals surface area contributed by atoms with Crippen molar-refractivity contribution in [2.45, 2.75) is 13.8 Å². The van der Waals surface area contributed by atoms with Crippen LogP contribution in [0.25, 0.3) is 16.0 Å². The Balaban J connectivity index is 3.27. The lowest BCUT2D eigenvalue weighted by Crippen LogP contribution is -1.78. The van der Waals surface area contributed by atoms with Gasteiger partial charge in [0.05, 0.1) is 0 Å². The summed E-state index contributed by atoms with van der Waals surface area (Å²) in [5, 5.41) is 3.62. The molecule has 1 aromatic carbocycles. The topological polar surface area (TPSA) is 48.8 Å². The summed E-state index contributed by atoms with van der Waals surface area (Å²) in [6.45, 7) is 3.95. The van der Waals surface area contributed by atoms with E-state index in [9.17, 15) is 0 Å². The number of rotatable bonds is 2. The Kier molecular flexibility index (Phi) is 3.12. The van der Waals surface area contributed by atoms with E-state index >= 15 is 0 Å². The van der Waals surface area contributed by atoms with Gasteiger partial charge in [-0.1, -0.05) is 35.5 Å². The molecule has 0 heterocycles. The van der Waals surface area contributed by atoms with E-state index in [1.807, 2.05) is 44.2 Å². The Morgan fingerprint density at radius 1 is 1.46 bits per heavy atom. The van der Waals surface area contributed by atoms with Gasteiger partial charge in [-0.3, -0.25) is 0 Å². The molecule has 3 heteroatoms. The molecular weight excluding hydrogens is 162 g/mol. The molecule has 3 nitrogen and oxygen atoms in total. The first kappa shape index (κ1) is 9.36. The van der Waals surface area contributed by atoms with Crippen LogP contribution >= 0.6 is 0 Å². The van der Waals surface area contributed by atoms with Crippen molar-refractivity contribution in [3.05, 3.63) is 46.3 Å². The SMILES string of the molecule is C/C=C(/C)c1ccccc1N=[N+]=[N-]. The van der Waals surface area contributed by atoms with Gasteiger partial charge in [0.25, 0.3) is 0 Å². The molecule has 0 saturated carbocycles. The number of benzene rings is 1. The zero-order chi connectivity index (χ0) is 9.68. The fraction of sp³-hybridized carbons (Fsp3) is 0.200. The fourth-order valence-corrected chi connectivity index (χ4v) is 1.10. The molecule has 0 N–H and O–H groups in total. The van der Waals surface area contributed by atoms with Crippen molar-refractivity contribution in [3.8, 4) is 0 Å². The third-order valence-electron chi connectivity index (χ3n) is 1.91. The zero-order valence-corrected chi connectivity index (χ0v) is 7.73. The molecule has 0 unspecified atom stereocenters. The van der Waals surface area contributed by atoms with Gasteiger partial charge in [0.15, 0.2) is 0 Å². The number of hydrogen-bond acceptors (Lipinski definition) is 1. The Hall–Kier alpha value is -1.73. The van der Waals surface area contributed by atoms with Crippen LogP contribution in [-0.2, 0) is 0 Å². The van der Waals surface area contributed by atoms with Crippen molar-refractivity contribution >= 4 is 11.3 Å². The zero-order valence-electron chi connectivity index (χ0n) is 7.73. The van der Waals surface area contributed by atoms with Crippen molar-refractivity contribution in [1.82, 2.24) is 0 Å². The molecule has 0 fully saturated rings. The van der Waals surface area contributed by atoms with E-state index in [1.165, 1.54) is 0 Å². The normalized spacial score (nSPS) is 10.8. The molecule has 0 aromatic heterocycles. The van der Waals surface area contributed by atoms with E-state index in [1.54, 1.807) is 0 Å². The monoisotopic (exact) mass is 173 g/mol. The largest absolute Gasteiger partial charge is 0.0841 e. The van der Waals surface area contributed by atoms with Crippen LogP contribution < -0.4 is 0 Å². The average molecular weight is 173 g/mol. The van der Waals surface area contributed by atoms with Crippen LogP contribution in [0.3, 0.4) is 0 Å². The van der Waals surface area contributed by atoms with Gasteiger partial charge in [0.2, 0.25) is 0 Å². The lowest BCUT2D eigenvalue weighted by Gasteiger charge is -2.03. The van der Waals surface area contributed by atoms with E-state index in [-0.39, 0.29) is 0 Å². The Morgan fingerprint density at radius 2 is 2.15 bits per heavy atom. The highest BCUT2D eigenvalue weighted by Gasteiger charge is 1.99. The number of hydrogen-bond donors (Lipinski definition) is 0. The summed E-state index contributed by atoms with van der Waals surface area (Å²) < 4.78 is 0. The second kappa shape index (κ2) is 4.33. The van der Waals surface area contributed by atoms with Crippen LogP contribution in [0, 0.1) is 0 Å². The van der Waals surface area contributed by atoms with Crippen molar-refractivity contribution in [2.24, 2.45) is 5.11 Å². The third-order valence-corrected chi connectivity index (χ3v) is 1.91. The van der Waals surface area contributed by atoms with Crippen molar-refractivity contribution in [2.75, 3.05) is 0 Å². The maximum absolute atomic E-state index is 8.34. The maximum atomic E-state index is 8.34. The van der Waals surface area contributed by atoms with Crippen LogP contribution in [0.4, 0.5) is 5.69 Å². The molecular formula is C10H11N3. The highest BCUT2D eigenvalue weighted by atomic mass is 15.1. The lowest BCUT2D eigenvalue weighted by molar-refractivity contribution is 1.43. The molecule has 0 aliphatic rings. The van der Waals surface area contributed by atoms with E-state index < -0.39 is 0 Å². The minimum atomic E-state index is 0.681. The van der Waals surface area contributed by atoms with Gasteiger partial charge >= 0.3 is 0 Å². The van der Waals surface area contributed by atoms with Crippen LogP contribution in [0.15, 0.2) is 35.5 Å². The minimum absolute atomic E-state index is 0.681. The lowest BCUT2D eigenvalue weighted by atomic mass is 10.1. The average Bonchev–Trinajstić information content (AvgIpc) is 2.18. The van der Waals surface area contributed by atoms with Gasteiger partial charge in [-0.2, -0.15) is 0 Å². The molecule has 0 spiro atoms. The summed E-state index contributed by atoms with van der Waals surface area (Å²) in [5.74, 6) is 0. The highest BCUT2D eigenvalue weighted by molar-refractivity contribution is 5.72. The molecule has 66 valence electrons. The fourth-order valence-electron chi connectivity index (χ4n) is 1.10. The number of nitrogens with zero attached hydrogens (tertiary/aromatic N) is 3. The standard InChI is InChI=1S/C10H11N3/c1-3-8(2)9-6-4-5-7-10(9)12-13-11/h3-7H,1-2H3/b8-3-. The second-order valence-corrected chi connectivity index (χ2v) is 2.68. The molecule has 13 heavy (non-hydrogen) atoms. The predicted octanol–water partition coefficient (Wildman–Crippen LogP) is 4.05. The molecule has 1 rings (SSSR count). The first-order chi connectivity index (χ1) is 6.29. The summed E-state index contributed by atoms with van der Waals surface area (Å²) >= 11 is 0. The number of azide groups is 1. The maximum Gasteiger partial charge on any atom is 0.0450 e. The minimum Gasteiger partial charge on any atom is -0.0841 e. The summed E-state index contributed by atoms with van der Waals surface area (Å²) in [7, 11) is 0. The molecule has 0 bridgehead atoms. The van der Waals surface area contributed by atoms with E-state index in [0.29, 0.717) is 5.69 Å².